The number of pyridine rings is 1. The van der Waals surface area contributed by atoms with E-state index < -0.39 is 5.60 Å². The topological polar surface area (TPSA) is 34.6 Å². The zero-order valence-corrected chi connectivity index (χ0v) is 22.6. The molecule has 0 N–H and O–H groups in total. The van der Waals surface area contributed by atoms with Gasteiger partial charge in [0.15, 0.2) is 0 Å². The third kappa shape index (κ3) is 4.31. The Bertz CT molecular complexity index is 1560. The van der Waals surface area contributed by atoms with Crippen LogP contribution in [0.4, 0.5) is 0 Å². The summed E-state index contributed by atoms with van der Waals surface area (Å²) < 4.78 is 14.0. The average molecular weight is 554 g/mol. The Morgan fingerprint density at radius 3 is 2.49 bits per heavy atom. The maximum absolute atomic E-state index is 7.01. The Hall–Kier alpha value is -3.25. The predicted octanol–water partition coefficient (Wildman–Crippen LogP) is 7.50. The maximum atomic E-state index is 7.01. The molecule has 5 aromatic rings. The first-order valence-corrected chi connectivity index (χ1v) is 13.4. The second-order valence-corrected chi connectivity index (χ2v) is 10.7. The van der Waals surface area contributed by atoms with Gasteiger partial charge in [-0.05, 0) is 59.6 Å². The van der Waals surface area contributed by atoms with E-state index in [-0.39, 0.29) is 5.92 Å². The summed E-state index contributed by atoms with van der Waals surface area (Å²) in [6, 6.07) is 34.2. The second-order valence-electron chi connectivity index (χ2n) is 9.79. The lowest BCUT2D eigenvalue weighted by Gasteiger charge is -2.47. The van der Waals surface area contributed by atoms with Crippen LogP contribution in [0.2, 0.25) is 0 Å². The zero-order chi connectivity index (χ0) is 25.4. The number of nitrogens with zero attached hydrogens (tertiary/aromatic N) is 2. The Labute approximate surface area is 226 Å². The van der Waals surface area contributed by atoms with E-state index in [1.165, 1.54) is 21.9 Å². The molecule has 4 nitrogen and oxygen atoms in total. The van der Waals surface area contributed by atoms with Crippen molar-refractivity contribution in [2.75, 3.05) is 27.4 Å². The van der Waals surface area contributed by atoms with Crippen molar-refractivity contribution in [3.05, 3.63) is 118 Å². The summed E-state index contributed by atoms with van der Waals surface area (Å²) in [5.41, 5.74) is 3.68. The summed E-state index contributed by atoms with van der Waals surface area (Å²) in [5, 5.41) is 3.49. The molecule has 0 amide bonds. The number of hydrogen-bond donors (Lipinski definition) is 0. The first kappa shape index (κ1) is 24.1. The molecule has 2 atom stereocenters. The SMILES string of the molecule is COc1nc2ccc(Br)cc2cc1C(c1ccccc1)C1(c2cccc3ccccc23)CCN(C)CO1. The van der Waals surface area contributed by atoms with Gasteiger partial charge in [0.25, 0.3) is 0 Å². The van der Waals surface area contributed by atoms with Gasteiger partial charge in [-0.25, -0.2) is 4.98 Å². The molecule has 2 unspecified atom stereocenters. The fraction of sp³-hybridized carbons (Fsp3) is 0.219. The van der Waals surface area contributed by atoms with Crippen LogP contribution >= 0.6 is 15.9 Å². The van der Waals surface area contributed by atoms with Crippen molar-refractivity contribution in [1.29, 1.82) is 0 Å². The summed E-state index contributed by atoms with van der Waals surface area (Å²) in [6.45, 7) is 1.46. The fourth-order valence-electron chi connectivity index (χ4n) is 5.77. The minimum atomic E-state index is -0.622. The highest BCUT2D eigenvalue weighted by Gasteiger charge is 2.47. The van der Waals surface area contributed by atoms with Crippen LogP contribution in [-0.2, 0) is 10.3 Å². The van der Waals surface area contributed by atoms with Crippen LogP contribution in [0.3, 0.4) is 0 Å². The van der Waals surface area contributed by atoms with Crippen LogP contribution in [0.1, 0.15) is 29.0 Å². The van der Waals surface area contributed by atoms with Gasteiger partial charge in [-0.2, -0.15) is 0 Å². The van der Waals surface area contributed by atoms with E-state index in [9.17, 15) is 0 Å². The van der Waals surface area contributed by atoms with Crippen molar-refractivity contribution in [2.24, 2.45) is 0 Å². The molecule has 0 radical (unpaired) electrons. The Morgan fingerprint density at radius 1 is 0.919 bits per heavy atom. The van der Waals surface area contributed by atoms with Gasteiger partial charge in [0.05, 0.1) is 12.6 Å². The summed E-state index contributed by atoms with van der Waals surface area (Å²) in [6.07, 6.45) is 0.830. The van der Waals surface area contributed by atoms with Crippen molar-refractivity contribution < 1.29 is 9.47 Å². The van der Waals surface area contributed by atoms with Crippen LogP contribution in [0.25, 0.3) is 21.7 Å². The van der Waals surface area contributed by atoms with E-state index in [2.05, 4.69) is 113 Å². The number of hydrogen-bond acceptors (Lipinski definition) is 4. The van der Waals surface area contributed by atoms with Gasteiger partial charge in [-0.3, -0.25) is 4.90 Å². The lowest BCUT2D eigenvalue weighted by atomic mass is 9.70. The minimum absolute atomic E-state index is 0.140. The Kier molecular flexibility index (Phi) is 6.45. The molecule has 5 heteroatoms. The molecule has 1 aromatic heterocycles. The normalized spacial score (nSPS) is 19.2. The second kappa shape index (κ2) is 9.90. The van der Waals surface area contributed by atoms with Gasteiger partial charge < -0.3 is 9.47 Å². The highest BCUT2D eigenvalue weighted by molar-refractivity contribution is 9.10. The monoisotopic (exact) mass is 552 g/mol. The minimum Gasteiger partial charge on any atom is -0.481 e. The van der Waals surface area contributed by atoms with Crippen LogP contribution < -0.4 is 4.74 Å². The van der Waals surface area contributed by atoms with Crippen LogP contribution in [0.15, 0.2) is 102 Å². The quantitative estimate of drug-likeness (QED) is 0.226. The van der Waals surface area contributed by atoms with E-state index in [0.717, 1.165) is 33.9 Å². The van der Waals surface area contributed by atoms with Crippen molar-refractivity contribution >= 4 is 37.6 Å². The predicted molar refractivity (Wildman–Crippen MR) is 153 cm³/mol. The highest BCUT2D eigenvalue weighted by Crippen LogP contribution is 2.52. The molecular weight excluding hydrogens is 524 g/mol. The van der Waals surface area contributed by atoms with E-state index in [0.29, 0.717) is 12.6 Å². The van der Waals surface area contributed by atoms with E-state index in [1.54, 1.807) is 7.11 Å². The highest BCUT2D eigenvalue weighted by atomic mass is 79.9. The van der Waals surface area contributed by atoms with Crippen molar-refractivity contribution in [2.45, 2.75) is 17.9 Å². The third-order valence-corrected chi connectivity index (χ3v) is 8.02. The summed E-state index contributed by atoms with van der Waals surface area (Å²) in [5.74, 6) is 0.491. The van der Waals surface area contributed by atoms with Crippen molar-refractivity contribution in [1.82, 2.24) is 9.88 Å². The maximum Gasteiger partial charge on any atom is 0.217 e. The number of ether oxygens (including phenoxy) is 2. The number of methoxy groups -OCH3 is 1. The van der Waals surface area contributed by atoms with Crippen molar-refractivity contribution in [3.8, 4) is 5.88 Å². The molecule has 0 spiro atoms. The van der Waals surface area contributed by atoms with Gasteiger partial charge in [-0.1, -0.05) is 88.7 Å². The first-order valence-electron chi connectivity index (χ1n) is 12.6. The third-order valence-electron chi connectivity index (χ3n) is 7.53. The molecule has 0 aliphatic carbocycles. The molecule has 1 aliphatic rings. The van der Waals surface area contributed by atoms with E-state index in [1.807, 2.05) is 12.1 Å². The largest absolute Gasteiger partial charge is 0.481 e. The number of halogens is 1. The molecule has 0 saturated carbocycles. The number of aromatic nitrogens is 1. The number of benzene rings is 4. The Morgan fingerprint density at radius 2 is 1.70 bits per heavy atom. The van der Waals surface area contributed by atoms with Crippen LogP contribution in [0.5, 0.6) is 5.88 Å². The van der Waals surface area contributed by atoms with Gasteiger partial charge in [0.2, 0.25) is 5.88 Å². The smallest absolute Gasteiger partial charge is 0.217 e. The molecule has 1 fully saturated rings. The Balaban J connectivity index is 1.68. The van der Waals surface area contributed by atoms with Crippen LogP contribution in [-0.4, -0.2) is 37.3 Å². The molecule has 186 valence electrons. The molecule has 0 bridgehead atoms. The molecule has 6 rings (SSSR count). The van der Waals surface area contributed by atoms with E-state index >= 15 is 0 Å². The summed E-state index contributed by atoms with van der Waals surface area (Å²) >= 11 is 3.64. The standard InChI is InChI=1S/C32H29BrN2O2/c1-35-18-17-32(37-21-35,28-14-8-12-22-9-6-7-13-26(22)28)30(23-10-4-3-5-11-23)27-20-24-19-25(33)15-16-29(24)34-31(27)36-2/h3-16,19-20,30H,17-18,21H2,1-2H3. The molecular formula is C32H29BrN2O2. The molecule has 37 heavy (non-hydrogen) atoms. The average Bonchev–Trinajstić information content (AvgIpc) is 2.94. The zero-order valence-electron chi connectivity index (χ0n) is 21.0. The first-order chi connectivity index (χ1) is 18.1. The molecule has 1 aliphatic heterocycles. The fourth-order valence-corrected chi connectivity index (χ4v) is 6.15. The molecule has 1 saturated heterocycles. The van der Waals surface area contributed by atoms with Gasteiger partial charge in [-0.15, -0.1) is 0 Å². The lowest BCUT2D eigenvalue weighted by Crippen LogP contribution is -2.47. The lowest BCUT2D eigenvalue weighted by molar-refractivity contribution is -0.145. The van der Waals surface area contributed by atoms with Gasteiger partial charge >= 0.3 is 0 Å². The van der Waals surface area contributed by atoms with Gasteiger partial charge in [0.1, 0.15) is 12.3 Å². The number of fused-ring (bicyclic) bond motifs is 2. The molecule has 4 aromatic carbocycles. The number of rotatable bonds is 5. The van der Waals surface area contributed by atoms with Crippen molar-refractivity contribution in [3.63, 3.8) is 0 Å². The summed E-state index contributed by atoms with van der Waals surface area (Å²) in [7, 11) is 3.82. The molecule has 2 heterocycles. The summed E-state index contributed by atoms with van der Waals surface area (Å²) in [4.78, 5) is 7.20. The van der Waals surface area contributed by atoms with E-state index in [4.69, 9.17) is 14.5 Å². The van der Waals surface area contributed by atoms with Gasteiger partial charge in [0, 0.05) is 27.9 Å². The van der Waals surface area contributed by atoms with Crippen LogP contribution in [0, 0.1) is 0 Å².